The van der Waals surface area contributed by atoms with Crippen LogP contribution in [0.5, 0.6) is 5.75 Å². The number of pyridine rings is 1. The fraction of sp³-hybridized carbons (Fsp3) is 0.143. The van der Waals surface area contributed by atoms with Crippen LogP contribution in [0.4, 0.5) is 8.78 Å². The van der Waals surface area contributed by atoms with Crippen LogP contribution in [0.2, 0.25) is 0 Å². The molecule has 4 nitrogen and oxygen atoms in total. The molecule has 1 heterocycles. The molecule has 0 spiro atoms. The summed E-state index contributed by atoms with van der Waals surface area (Å²) in [5.74, 6) is -1.55. The fourth-order valence-corrected chi connectivity index (χ4v) is 1.51. The first-order valence-electron chi connectivity index (χ1n) is 3.41. The quantitative estimate of drug-likeness (QED) is 0.640. The number of alkyl halides is 2. The van der Waals surface area contributed by atoms with E-state index < -0.39 is 23.8 Å². The third kappa shape index (κ3) is 2.08. The van der Waals surface area contributed by atoms with Crippen molar-refractivity contribution < 1.29 is 18.7 Å². The van der Waals surface area contributed by atoms with E-state index in [9.17, 15) is 13.6 Å². The Morgan fingerprint density at radius 3 is 2.64 bits per heavy atom. The van der Waals surface area contributed by atoms with Gasteiger partial charge in [0.15, 0.2) is 0 Å². The lowest BCUT2D eigenvalue weighted by Gasteiger charge is -2.05. The topological polar surface area (TPSA) is 76.2 Å². The van der Waals surface area contributed by atoms with Crippen LogP contribution >= 0.6 is 22.6 Å². The molecule has 0 bridgehead atoms. The lowest BCUT2D eigenvalue weighted by molar-refractivity contribution is 0.0997. The molecule has 0 aromatic carbocycles. The van der Waals surface area contributed by atoms with Gasteiger partial charge in [-0.15, -0.1) is 0 Å². The predicted octanol–water partition coefficient (Wildman–Crippen LogP) is 1.43. The molecule has 0 fully saturated rings. The number of primary amides is 1. The van der Waals surface area contributed by atoms with Crippen molar-refractivity contribution in [3.8, 4) is 5.75 Å². The summed E-state index contributed by atoms with van der Waals surface area (Å²) in [6, 6.07) is 0.887. The number of halogens is 3. The molecule has 1 amide bonds. The number of aromatic hydroxyl groups is 1. The van der Waals surface area contributed by atoms with E-state index in [2.05, 4.69) is 4.98 Å². The van der Waals surface area contributed by atoms with E-state index in [1.165, 1.54) is 0 Å². The molecule has 0 saturated heterocycles. The Bertz CT molecular complexity index is 384. The van der Waals surface area contributed by atoms with E-state index in [4.69, 9.17) is 10.8 Å². The Hall–Kier alpha value is -0.990. The summed E-state index contributed by atoms with van der Waals surface area (Å²) in [6.07, 6.45) is -2.88. The SMILES string of the molecule is NC(=O)c1cc(O)c(C(F)F)nc1I. The Balaban J connectivity index is 3.31. The molecule has 1 aromatic rings. The molecule has 1 rings (SSSR count). The number of aromatic nitrogens is 1. The number of nitrogens with zero attached hydrogens (tertiary/aromatic N) is 1. The number of rotatable bonds is 2. The normalized spacial score (nSPS) is 10.6. The molecule has 0 atom stereocenters. The van der Waals surface area contributed by atoms with Gasteiger partial charge in [0.05, 0.1) is 5.56 Å². The van der Waals surface area contributed by atoms with Crippen molar-refractivity contribution in [3.63, 3.8) is 0 Å². The molecule has 0 aliphatic heterocycles. The zero-order valence-electron chi connectivity index (χ0n) is 6.67. The van der Waals surface area contributed by atoms with Gasteiger partial charge in [-0.1, -0.05) is 0 Å². The van der Waals surface area contributed by atoms with Crippen molar-refractivity contribution in [1.29, 1.82) is 0 Å². The van der Waals surface area contributed by atoms with Gasteiger partial charge in [0, 0.05) is 0 Å². The van der Waals surface area contributed by atoms with Crippen LogP contribution < -0.4 is 5.73 Å². The zero-order valence-corrected chi connectivity index (χ0v) is 8.83. The summed E-state index contributed by atoms with van der Waals surface area (Å²) in [4.78, 5) is 14.1. The summed E-state index contributed by atoms with van der Waals surface area (Å²) >= 11 is 1.59. The van der Waals surface area contributed by atoms with Gasteiger partial charge in [-0.2, -0.15) is 0 Å². The Kier molecular flexibility index (Phi) is 3.19. The second-order valence-electron chi connectivity index (χ2n) is 2.40. The standard InChI is InChI=1S/C7H5F2IN2O2/c8-5(9)4-3(13)1-2(7(11)14)6(10)12-4/h1,5,13H,(H2,11,14). The maximum absolute atomic E-state index is 12.2. The van der Waals surface area contributed by atoms with Crippen molar-refractivity contribution in [3.05, 3.63) is 21.0 Å². The molecule has 0 radical (unpaired) electrons. The average molecular weight is 314 g/mol. The summed E-state index contributed by atoms with van der Waals surface area (Å²) in [5.41, 5.74) is 4.10. The largest absolute Gasteiger partial charge is 0.506 e. The molecule has 3 N–H and O–H groups in total. The highest BCUT2D eigenvalue weighted by atomic mass is 127. The third-order valence-electron chi connectivity index (χ3n) is 1.46. The van der Waals surface area contributed by atoms with E-state index in [-0.39, 0.29) is 9.26 Å². The van der Waals surface area contributed by atoms with Gasteiger partial charge in [0.2, 0.25) is 0 Å². The molecule has 0 saturated carbocycles. The van der Waals surface area contributed by atoms with Gasteiger partial charge in [0.1, 0.15) is 15.1 Å². The minimum absolute atomic E-state index is 0.0446. The Morgan fingerprint density at radius 1 is 1.64 bits per heavy atom. The van der Waals surface area contributed by atoms with Crippen molar-refractivity contribution in [2.24, 2.45) is 5.73 Å². The lowest BCUT2D eigenvalue weighted by atomic mass is 10.2. The minimum Gasteiger partial charge on any atom is -0.506 e. The number of carbonyl (C=O) groups is 1. The van der Waals surface area contributed by atoms with Crippen LogP contribution in [-0.2, 0) is 0 Å². The van der Waals surface area contributed by atoms with Crippen molar-refractivity contribution in [2.75, 3.05) is 0 Å². The van der Waals surface area contributed by atoms with Gasteiger partial charge in [0.25, 0.3) is 12.3 Å². The van der Waals surface area contributed by atoms with E-state index in [1.54, 1.807) is 22.6 Å². The predicted molar refractivity (Wildman–Crippen MR) is 52.1 cm³/mol. The second kappa shape index (κ2) is 4.03. The molecule has 76 valence electrons. The first-order valence-corrected chi connectivity index (χ1v) is 4.48. The first-order chi connectivity index (χ1) is 6.43. The van der Waals surface area contributed by atoms with Crippen molar-refractivity contribution in [1.82, 2.24) is 4.98 Å². The van der Waals surface area contributed by atoms with Crippen LogP contribution in [0.3, 0.4) is 0 Å². The molecule has 0 aliphatic carbocycles. The van der Waals surface area contributed by atoms with E-state index in [0.717, 1.165) is 6.07 Å². The summed E-state index contributed by atoms with van der Waals surface area (Å²) in [7, 11) is 0. The van der Waals surface area contributed by atoms with E-state index in [0.29, 0.717) is 0 Å². The highest BCUT2D eigenvalue weighted by Gasteiger charge is 2.19. The number of amides is 1. The van der Waals surface area contributed by atoms with Gasteiger partial charge in [-0.25, -0.2) is 13.8 Å². The maximum Gasteiger partial charge on any atom is 0.284 e. The maximum atomic E-state index is 12.2. The van der Waals surface area contributed by atoms with Crippen molar-refractivity contribution in [2.45, 2.75) is 6.43 Å². The number of hydrogen-bond donors (Lipinski definition) is 2. The average Bonchev–Trinajstić information content (AvgIpc) is 2.07. The van der Waals surface area contributed by atoms with Gasteiger partial charge in [-0.3, -0.25) is 4.79 Å². The molecular formula is C7H5F2IN2O2. The first kappa shape index (κ1) is 11.1. The van der Waals surface area contributed by atoms with Crippen LogP contribution in [0, 0.1) is 3.70 Å². The third-order valence-corrected chi connectivity index (χ3v) is 2.28. The molecule has 7 heteroatoms. The summed E-state index contributed by atoms with van der Waals surface area (Å²) < 4.78 is 24.4. The number of carbonyl (C=O) groups excluding carboxylic acids is 1. The smallest absolute Gasteiger partial charge is 0.284 e. The van der Waals surface area contributed by atoms with Crippen LogP contribution in [0.1, 0.15) is 22.5 Å². The molecule has 14 heavy (non-hydrogen) atoms. The van der Waals surface area contributed by atoms with Gasteiger partial charge >= 0.3 is 0 Å². The summed E-state index contributed by atoms with van der Waals surface area (Å²) in [6.45, 7) is 0. The van der Waals surface area contributed by atoms with E-state index in [1.807, 2.05) is 0 Å². The minimum atomic E-state index is -2.88. The Morgan fingerprint density at radius 2 is 2.21 bits per heavy atom. The zero-order chi connectivity index (χ0) is 10.9. The lowest BCUT2D eigenvalue weighted by Crippen LogP contribution is -2.14. The highest BCUT2D eigenvalue weighted by Crippen LogP contribution is 2.28. The van der Waals surface area contributed by atoms with Crippen LogP contribution in [0.15, 0.2) is 6.07 Å². The van der Waals surface area contributed by atoms with Gasteiger partial charge in [-0.05, 0) is 28.7 Å². The molecular weight excluding hydrogens is 309 g/mol. The monoisotopic (exact) mass is 314 g/mol. The van der Waals surface area contributed by atoms with E-state index >= 15 is 0 Å². The van der Waals surface area contributed by atoms with Crippen LogP contribution in [0.25, 0.3) is 0 Å². The number of nitrogens with two attached hydrogens (primary N) is 1. The van der Waals surface area contributed by atoms with Crippen molar-refractivity contribution >= 4 is 28.5 Å². The van der Waals surface area contributed by atoms with Gasteiger partial charge < -0.3 is 10.8 Å². The highest BCUT2D eigenvalue weighted by molar-refractivity contribution is 14.1. The Labute approximate surface area is 91.3 Å². The second-order valence-corrected chi connectivity index (χ2v) is 3.42. The summed E-state index contributed by atoms with van der Waals surface area (Å²) in [5, 5.41) is 9.08. The fourth-order valence-electron chi connectivity index (χ4n) is 0.827. The molecule has 0 aliphatic rings. The van der Waals surface area contributed by atoms with Crippen LogP contribution in [-0.4, -0.2) is 16.0 Å². The molecule has 0 unspecified atom stereocenters. The number of hydrogen-bond acceptors (Lipinski definition) is 3. The molecule has 1 aromatic heterocycles.